The maximum absolute atomic E-state index is 9.96. The lowest BCUT2D eigenvalue weighted by atomic mass is 10.0. The van der Waals surface area contributed by atoms with E-state index in [0.29, 0.717) is 0 Å². The Morgan fingerprint density at radius 1 is 0.750 bits per heavy atom. The Labute approximate surface area is 95.4 Å². The van der Waals surface area contributed by atoms with Crippen LogP contribution in [0.15, 0.2) is 54.6 Å². The van der Waals surface area contributed by atoms with Crippen LogP contribution in [0.3, 0.4) is 0 Å². The molecule has 1 saturated carbocycles. The molecule has 0 heterocycles. The Bertz CT molecular complexity index is 481. The van der Waals surface area contributed by atoms with E-state index in [9.17, 15) is 5.11 Å². The summed E-state index contributed by atoms with van der Waals surface area (Å²) in [4.78, 5) is 0. The summed E-state index contributed by atoms with van der Waals surface area (Å²) < 4.78 is 0. The summed E-state index contributed by atoms with van der Waals surface area (Å²) in [5.74, 6) is 0. The van der Waals surface area contributed by atoms with Gasteiger partial charge in [-0.3, -0.25) is 0 Å². The summed E-state index contributed by atoms with van der Waals surface area (Å²) >= 11 is 0. The summed E-state index contributed by atoms with van der Waals surface area (Å²) in [5.41, 5.74) is 2.95. The molecule has 2 aromatic rings. The van der Waals surface area contributed by atoms with Crippen molar-refractivity contribution in [1.82, 2.24) is 0 Å². The molecule has 1 nitrogen and oxygen atoms in total. The van der Waals surface area contributed by atoms with Gasteiger partial charge in [0.2, 0.25) is 0 Å². The van der Waals surface area contributed by atoms with Crippen molar-refractivity contribution in [3.05, 3.63) is 60.2 Å². The van der Waals surface area contributed by atoms with Crippen LogP contribution < -0.4 is 0 Å². The molecule has 1 fully saturated rings. The van der Waals surface area contributed by atoms with E-state index >= 15 is 0 Å². The van der Waals surface area contributed by atoms with Crippen molar-refractivity contribution in [3.63, 3.8) is 0 Å². The molecule has 1 heteroatoms. The Morgan fingerprint density at radius 2 is 1.31 bits per heavy atom. The fourth-order valence-corrected chi connectivity index (χ4v) is 2.01. The van der Waals surface area contributed by atoms with E-state index in [2.05, 4.69) is 24.3 Å². The van der Waals surface area contributed by atoms with Crippen LogP contribution in [0.2, 0.25) is 0 Å². The highest BCUT2D eigenvalue weighted by atomic mass is 16.3. The van der Waals surface area contributed by atoms with Crippen molar-refractivity contribution in [1.29, 1.82) is 0 Å². The van der Waals surface area contributed by atoms with Crippen LogP contribution in [0.5, 0.6) is 0 Å². The molecule has 0 bridgehead atoms. The first kappa shape index (κ1) is 9.61. The van der Waals surface area contributed by atoms with E-state index < -0.39 is 5.60 Å². The van der Waals surface area contributed by atoms with Crippen molar-refractivity contribution in [3.8, 4) is 11.1 Å². The summed E-state index contributed by atoms with van der Waals surface area (Å²) in [6.45, 7) is 0. The van der Waals surface area contributed by atoms with E-state index in [-0.39, 0.29) is 0 Å². The van der Waals surface area contributed by atoms with Gasteiger partial charge in [0.15, 0.2) is 0 Å². The Balaban J connectivity index is 1.94. The predicted octanol–water partition coefficient (Wildman–Crippen LogP) is 3.34. The quantitative estimate of drug-likeness (QED) is 0.806. The van der Waals surface area contributed by atoms with Gasteiger partial charge >= 0.3 is 0 Å². The SMILES string of the molecule is OC1(c2ccc(-c3ccccc3)cc2)CC1. The molecule has 0 aliphatic heterocycles. The van der Waals surface area contributed by atoms with Crippen molar-refractivity contribution < 1.29 is 5.11 Å². The molecule has 1 aliphatic rings. The molecule has 0 atom stereocenters. The summed E-state index contributed by atoms with van der Waals surface area (Å²) in [7, 11) is 0. The standard InChI is InChI=1S/C15H14O/c16-15(10-11-15)14-8-6-13(7-9-14)12-4-2-1-3-5-12/h1-9,16H,10-11H2. The Kier molecular flexibility index (Phi) is 2.08. The number of hydrogen-bond donors (Lipinski definition) is 1. The van der Waals surface area contributed by atoms with Crippen molar-refractivity contribution in [2.75, 3.05) is 0 Å². The van der Waals surface area contributed by atoms with E-state index in [1.807, 2.05) is 30.3 Å². The lowest BCUT2D eigenvalue weighted by Crippen LogP contribution is -2.03. The van der Waals surface area contributed by atoms with Crippen LogP contribution in [0.1, 0.15) is 18.4 Å². The van der Waals surface area contributed by atoms with Crippen molar-refractivity contribution in [2.45, 2.75) is 18.4 Å². The molecule has 3 rings (SSSR count). The third-order valence-electron chi connectivity index (χ3n) is 3.25. The predicted molar refractivity (Wildman–Crippen MR) is 65.0 cm³/mol. The highest BCUT2D eigenvalue weighted by molar-refractivity contribution is 5.63. The van der Waals surface area contributed by atoms with Gasteiger partial charge in [-0.2, -0.15) is 0 Å². The molecule has 1 aliphatic carbocycles. The van der Waals surface area contributed by atoms with Gasteiger partial charge in [-0.15, -0.1) is 0 Å². The number of rotatable bonds is 2. The van der Waals surface area contributed by atoms with Crippen LogP contribution in [0, 0.1) is 0 Å². The topological polar surface area (TPSA) is 20.2 Å². The highest BCUT2D eigenvalue weighted by Gasteiger charge is 2.41. The van der Waals surface area contributed by atoms with Crippen LogP contribution in [-0.4, -0.2) is 5.11 Å². The second-order valence-electron chi connectivity index (χ2n) is 4.47. The molecular formula is C15H14O. The van der Waals surface area contributed by atoms with Gasteiger partial charge in [0.1, 0.15) is 0 Å². The van der Waals surface area contributed by atoms with Crippen molar-refractivity contribution >= 4 is 0 Å². The molecule has 0 spiro atoms. The number of hydrogen-bond acceptors (Lipinski definition) is 1. The maximum atomic E-state index is 9.96. The average Bonchev–Trinajstić information content (AvgIpc) is 3.10. The van der Waals surface area contributed by atoms with Crippen LogP contribution in [0.4, 0.5) is 0 Å². The third kappa shape index (κ3) is 1.63. The lowest BCUT2D eigenvalue weighted by Gasteiger charge is -2.08. The molecule has 16 heavy (non-hydrogen) atoms. The molecule has 0 aromatic heterocycles. The monoisotopic (exact) mass is 210 g/mol. The van der Waals surface area contributed by atoms with Gasteiger partial charge in [-0.05, 0) is 29.5 Å². The first-order valence-electron chi connectivity index (χ1n) is 5.66. The second kappa shape index (κ2) is 3.46. The van der Waals surface area contributed by atoms with E-state index in [0.717, 1.165) is 18.4 Å². The zero-order valence-corrected chi connectivity index (χ0v) is 9.06. The van der Waals surface area contributed by atoms with Gasteiger partial charge in [0, 0.05) is 0 Å². The molecule has 0 amide bonds. The maximum Gasteiger partial charge on any atom is 0.0899 e. The molecular weight excluding hydrogens is 196 g/mol. The number of aliphatic hydroxyl groups is 1. The number of benzene rings is 2. The fraction of sp³-hybridized carbons (Fsp3) is 0.200. The minimum absolute atomic E-state index is 0.519. The molecule has 80 valence electrons. The highest BCUT2D eigenvalue weighted by Crippen LogP contribution is 2.45. The first-order valence-corrected chi connectivity index (χ1v) is 5.66. The molecule has 2 aromatic carbocycles. The minimum atomic E-state index is -0.519. The summed E-state index contributed by atoms with van der Waals surface area (Å²) in [5, 5.41) is 9.96. The smallest absolute Gasteiger partial charge is 0.0899 e. The zero-order valence-electron chi connectivity index (χ0n) is 9.06. The zero-order chi connectivity index (χ0) is 11.0. The molecule has 1 N–H and O–H groups in total. The molecule has 0 saturated heterocycles. The normalized spacial score (nSPS) is 17.1. The molecule has 0 unspecified atom stereocenters. The molecule has 0 radical (unpaired) electrons. The van der Waals surface area contributed by atoms with E-state index in [1.165, 1.54) is 11.1 Å². The minimum Gasteiger partial charge on any atom is -0.385 e. The fourth-order valence-electron chi connectivity index (χ4n) is 2.01. The first-order chi connectivity index (χ1) is 7.78. The van der Waals surface area contributed by atoms with Gasteiger partial charge in [-0.1, -0.05) is 54.6 Å². The third-order valence-corrected chi connectivity index (χ3v) is 3.25. The van der Waals surface area contributed by atoms with E-state index in [1.54, 1.807) is 0 Å². The Morgan fingerprint density at radius 3 is 1.88 bits per heavy atom. The summed E-state index contributed by atoms with van der Waals surface area (Å²) in [6, 6.07) is 18.5. The van der Waals surface area contributed by atoms with Gasteiger partial charge in [0.25, 0.3) is 0 Å². The van der Waals surface area contributed by atoms with Gasteiger partial charge < -0.3 is 5.11 Å². The van der Waals surface area contributed by atoms with Crippen LogP contribution in [-0.2, 0) is 5.60 Å². The Hall–Kier alpha value is -1.60. The second-order valence-corrected chi connectivity index (χ2v) is 4.47. The van der Waals surface area contributed by atoms with Gasteiger partial charge in [-0.25, -0.2) is 0 Å². The van der Waals surface area contributed by atoms with Crippen LogP contribution in [0.25, 0.3) is 11.1 Å². The summed E-state index contributed by atoms with van der Waals surface area (Å²) in [6.07, 6.45) is 1.80. The largest absolute Gasteiger partial charge is 0.385 e. The van der Waals surface area contributed by atoms with E-state index in [4.69, 9.17) is 0 Å². The van der Waals surface area contributed by atoms with Gasteiger partial charge in [0.05, 0.1) is 5.60 Å². The van der Waals surface area contributed by atoms with Crippen molar-refractivity contribution in [2.24, 2.45) is 0 Å². The van der Waals surface area contributed by atoms with Crippen LogP contribution >= 0.6 is 0 Å². The lowest BCUT2D eigenvalue weighted by molar-refractivity contribution is 0.151. The average molecular weight is 210 g/mol.